The number of hydrogen-bond acceptors (Lipinski definition) is 6. The van der Waals surface area contributed by atoms with Gasteiger partial charge < -0.3 is 14.5 Å². The Balaban J connectivity index is 1.68. The normalized spacial score (nSPS) is 16.6. The highest BCUT2D eigenvalue weighted by Crippen LogP contribution is 2.28. The summed E-state index contributed by atoms with van der Waals surface area (Å²) in [6.07, 6.45) is 6.75. The zero-order valence-electron chi connectivity index (χ0n) is 15.6. The fourth-order valence-electron chi connectivity index (χ4n) is 3.05. The maximum absolute atomic E-state index is 12.7. The first kappa shape index (κ1) is 18.1. The lowest BCUT2D eigenvalue weighted by Gasteiger charge is -2.25. The van der Waals surface area contributed by atoms with E-state index >= 15 is 0 Å². The van der Waals surface area contributed by atoms with Crippen molar-refractivity contribution in [1.29, 1.82) is 0 Å². The van der Waals surface area contributed by atoms with E-state index in [1.54, 1.807) is 23.5 Å². The fourth-order valence-corrected chi connectivity index (χ4v) is 3.05. The molecule has 0 radical (unpaired) electrons. The predicted molar refractivity (Wildman–Crippen MR) is 99.5 cm³/mol. The number of aryl methyl sites for hydroxylation is 1. The summed E-state index contributed by atoms with van der Waals surface area (Å²) in [7, 11) is 1.85. The van der Waals surface area contributed by atoms with Gasteiger partial charge in [0.25, 0.3) is 11.8 Å². The molecule has 2 aromatic heterocycles. The number of carbonyl (C=O) groups excluding carboxylic acids is 1. The van der Waals surface area contributed by atoms with Crippen LogP contribution in [0.1, 0.15) is 35.8 Å². The topological polar surface area (TPSA) is 71.5 Å². The predicted octanol–water partition coefficient (Wildman–Crippen LogP) is 2.32. The zero-order valence-corrected chi connectivity index (χ0v) is 15.6. The molecule has 0 bridgehead atoms. The van der Waals surface area contributed by atoms with Crippen LogP contribution in [0.4, 0.5) is 5.82 Å². The van der Waals surface area contributed by atoms with E-state index in [-0.39, 0.29) is 11.9 Å². The van der Waals surface area contributed by atoms with Crippen LogP contribution in [0.25, 0.3) is 0 Å². The average molecular weight is 355 g/mol. The van der Waals surface area contributed by atoms with Crippen LogP contribution in [-0.4, -0.2) is 58.5 Å². The molecule has 0 unspecified atom stereocenters. The third-order valence-corrected chi connectivity index (χ3v) is 4.58. The van der Waals surface area contributed by atoms with Gasteiger partial charge in [0.05, 0.1) is 18.2 Å². The van der Waals surface area contributed by atoms with Crippen molar-refractivity contribution in [3.05, 3.63) is 42.0 Å². The van der Waals surface area contributed by atoms with Crippen LogP contribution in [0.2, 0.25) is 0 Å². The van der Waals surface area contributed by atoms with Gasteiger partial charge in [0.15, 0.2) is 5.82 Å². The van der Waals surface area contributed by atoms with Gasteiger partial charge >= 0.3 is 0 Å². The Bertz CT molecular complexity index is 750. The summed E-state index contributed by atoms with van der Waals surface area (Å²) >= 11 is 0. The van der Waals surface area contributed by atoms with E-state index in [1.807, 2.05) is 26.1 Å². The summed E-state index contributed by atoms with van der Waals surface area (Å²) < 4.78 is 5.72. The first-order valence-electron chi connectivity index (χ1n) is 8.98. The zero-order chi connectivity index (χ0) is 18.5. The van der Waals surface area contributed by atoms with Crippen LogP contribution in [-0.2, 0) is 0 Å². The largest absolute Gasteiger partial charge is 0.475 e. The van der Waals surface area contributed by atoms with Crippen LogP contribution in [0.3, 0.4) is 0 Å². The Hall–Kier alpha value is -2.70. The molecule has 1 fully saturated rings. The standard InChI is InChI=1S/C19H25N5O2/c1-4-11-26-18-17(20-8-9-21-18)24-10-7-16(13-24)23(3)19(25)15-6-5-14(2)22-12-15/h5-6,8-9,12,16H,4,7,10-11,13H2,1-3H3/t16-/m0/s1. The Morgan fingerprint density at radius 1 is 1.31 bits per heavy atom. The molecule has 0 spiro atoms. The Morgan fingerprint density at radius 3 is 2.85 bits per heavy atom. The van der Waals surface area contributed by atoms with Crippen molar-refractivity contribution in [2.45, 2.75) is 32.7 Å². The summed E-state index contributed by atoms with van der Waals surface area (Å²) in [5, 5.41) is 0. The highest BCUT2D eigenvalue weighted by atomic mass is 16.5. The number of aromatic nitrogens is 3. The van der Waals surface area contributed by atoms with Crippen molar-refractivity contribution in [1.82, 2.24) is 19.9 Å². The molecule has 0 aliphatic carbocycles. The molecule has 0 aromatic carbocycles. The van der Waals surface area contributed by atoms with E-state index in [1.165, 1.54) is 0 Å². The number of rotatable bonds is 6. The average Bonchev–Trinajstić information content (AvgIpc) is 3.16. The Labute approximate surface area is 154 Å². The lowest BCUT2D eigenvalue weighted by atomic mass is 10.2. The minimum absolute atomic E-state index is 0.00838. The molecule has 138 valence electrons. The summed E-state index contributed by atoms with van der Waals surface area (Å²) in [5.41, 5.74) is 1.52. The SMILES string of the molecule is CCCOc1nccnc1N1CC[C@H](N(C)C(=O)c2ccc(C)nc2)C1. The first-order chi connectivity index (χ1) is 12.6. The number of anilines is 1. The second kappa shape index (κ2) is 8.12. The third kappa shape index (κ3) is 3.92. The van der Waals surface area contributed by atoms with Crippen molar-refractivity contribution in [2.75, 3.05) is 31.6 Å². The van der Waals surface area contributed by atoms with Gasteiger partial charge in [0, 0.05) is 44.4 Å². The quantitative estimate of drug-likeness (QED) is 0.792. The fraction of sp³-hybridized carbons (Fsp3) is 0.474. The number of amides is 1. The van der Waals surface area contributed by atoms with Gasteiger partial charge in [-0.05, 0) is 31.9 Å². The molecule has 1 aliphatic rings. The second-order valence-electron chi connectivity index (χ2n) is 6.53. The van der Waals surface area contributed by atoms with Crippen LogP contribution in [0.15, 0.2) is 30.7 Å². The summed E-state index contributed by atoms with van der Waals surface area (Å²) in [6.45, 7) is 6.11. The molecule has 7 heteroatoms. The highest BCUT2D eigenvalue weighted by Gasteiger charge is 2.31. The van der Waals surface area contributed by atoms with Crippen molar-refractivity contribution in [2.24, 2.45) is 0 Å². The monoisotopic (exact) mass is 355 g/mol. The number of ether oxygens (including phenoxy) is 1. The Kier molecular flexibility index (Phi) is 5.65. The van der Waals surface area contributed by atoms with Gasteiger partial charge in [-0.3, -0.25) is 9.78 Å². The van der Waals surface area contributed by atoms with Crippen LogP contribution < -0.4 is 9.64 Å². The maximum Gasteiger partial charge on any atom is 0.257 e. The second-order valence-corrected chi connectivity index (χ2v) is 6.53. The minimum atomic E-state index is -0.00838. The molecular formula is C19H25N5O2. The van der Waals surface area contributed by atoms with Crippen molar-refractivity contribution in [3.8, 4) is 5.88 Å². The van der Waals surface area contributed by atoms with Crippen molar-refractivity contribution >= 4 is 11.7 Å². The van der Waals surface area contributed by atoms with Gasteiger partial charge in [0.1, 0.15) is 0 Å². The minimum Gasteiger partial charge on any atom is -0.475 e. The number of likely N-dealkylation sites (N-methyl/N-ethyl adjacent to an activating group) is 1. The van der Waals surface area contributed by atoms with E-state index < -0.39 is 0 Å². The van der Waals surface area contributed by atoms with Crippen molar-refractivity contribution in [3.63, 3.8) is 0 Å². The van der Waals surface area contributed by atoms with Gasteiger partial charge in [-0.15, -0.1) is 0 Å². The molecule has 0 saturated carbocycles. The highest BCUT2D eigenvalue weighted by molar-refractivity contribution is 5.94. The lowest BCUT2D eigenvalue weighted by Crippen LogP contribution is -2.39. The van der Waals surface area contributed by atoms with E-state index in [4.69, 9.17) is 4.74 Å². The number of pyridine rings is 1. The van der Waals surface area contributed by atoms with E-state index in [2.05, 4.69) is 26.8 Å². The molecule has 1 atom stereocenters. The molecule has 7 nitrogen and oxygen atoms in total. The molecule has 1 aliphatic heterocycles. The molecular weight excluding hydrogens is 330 g/mol. The number of hydrogen-bond donors (Lipinski definition) is 0. The van der Waals surface area contributed by atoms with Crippen molar-refractivity contribution < 1.29 is 9.53 Å². The van der Waals surface area contributed by atoms with Crippen LogP contribution >= 0.6 is 0 Å². The molecule has 3 rings (SSSR count). The van der Waals surface area contributed by atoms with E-state index in [0.717, 1.165) is 30.9 Å². The van der Waals surface area contributed by atoms with Gasteiger partial charge in [0.2, 0.25) is 0 Å². The van der Waals surface area contributed by atoms with Gasteiger partial charge in [-0.2, -0.15) is 0 Å². The molecule has 1 amide bonds. The summed E-state index contributed by atoms with van der Waals surface area (Å²) in [6, 6.07) is 3.80. The molecule has 1 saturated heterocycles. The third-order valence-electron chi connectivity index (χ3n) is 4.58. The van der Waals surface area contributed by atoms with Crippen LogP contribution in [0, 0.1) is 6.92 Å². The summed E-state index contributed by atoms with van der Waals surface area (Å²) in [4.78, 5) is 29.6. The molecule has 26 heavy (non-hydrogen) atoms. The lowest BCUT2D eigenvalue weighted by molar-refractivity contribution is 0.0744. The van der Waals surface area contributed by atoms with Crippen LogP contribution in [0.5, 0.6) is 5.88 Å². The molecule has 0 N–H and O–H groups in total. The van der Waals surface area contributed by atoms with Gasteiger partial charge in [-0.25, -0.2) is 9.97 Å². The van der Waals surface area contributed by atoms with Gasteiger partial charge in [-0.1, -0.05) is 6.92 Å². The number of carbonyl (C=O) groups is 1. The Morgan fingerprint density at radius 2 is 2.12 bits per heavy atom. The van der Waals surface area contributed by atoms with E-state index in [9.17, 15) is 4.79 Å². The van der Waals surface area contributed by atoms with E-state index in [0.29, 0.717) is 24.6 Å². The smallest absolute Gasteiger partial charge is 0.257 e. The number of nitrogens with zero attached hydrogens (tertiary/aromatic N) is 5. The summed E-state index contributed by atoms with van der Waals surface area (Å²) in [5.74, 6) is 1.30. The first-order valence-corrected chi connectivity index (χ1v) is 8.98. The molecule has 3 heterocycles. The molecule has 2 aromatic rings. The maximum atomic E-state index is 12.7.